The zero-order valence-corrected chi connectivity index (χ0v) is 11.9. The minimum absolute atomic E-state index is 0.0552. The highest BCUT2D eigenvalue weighted by Gasteiger charge is 2.31. The molecule has 0 atom stereocenters. The number of piperidine rings is 1. The molecule has 1 N–H and O–H groups in total. The van der Waals surface area contributed by atoms with E-state index in [0.717, 1.165) is 58.3 Å². The molecular formula is C14H25N3O2. The van der Waals surface area contributed by atoms with Gasteiger partial charge in [0.15, 0.2) is 0 Å². The minimum Gasteiger partial charge on any atom is -0.340 e. The Kier molecular flexibility index (Phi) is 5.05. The molecule has 0 radical (unpaired) electrons. The maximum atomic E-state index is 11.9. The number of nitrogens with one attached hydrogen (secondary N) is 1. The number of rotatable bonds is 4. The van der Waals surface area contributed by atoms with Gasteiger partial charge in [-0.1, -0.05) is 13.3 Å². The van der Waals surface area contributed by atoms with Crippen LogP contribution in [-0.2, 0) is 4.79 Å². The number of urea groups is 1. The van der Waals surface area contributed by atoms with Gasteiger partial charge in [-0.25, -0.2) is 4.79 Å². The standard InChI is InChI=1S/C14H25N3O2/c1-2-3-8-15-14(19)16-10-6-12(7-11-16)17-9-4-5-13(17)18/h12H,2-11H2,1H3,(H,15,19). The Hall–Kier alpha value is -1.26. The summed E-state index contributed by atoms with van der Waals surface area (Å²) in [6.07, 6.45) is 5.68. The number of amides is 3. The van der Waals surface area contributed by atoms with Gasteiger partial charge in [0.05, 0.1) is 0 Å². The Morgan fingerprint density at radius 3 is 2.63 bits per heavy atom. The average molecular weight is 267 g/mol. The molecular weight excluding hydrogens is 242 g/mol. The monoisotopic (exact) mass is 267 g/mol. The Morgan fingerprint density at radius 2 is 2.05 bits per heavy atom. The summed E-state index contributed by atoms with van der Waals surface area (Å²) in [6.45, 7) is 5.33. The molecule has 0 aromatic heterocycles. The molecule has 0 aromatic carbocycles. The highest BCUT2D eigenvalue weighted by atomic mass is 16.2. The predicted octanol–water partition coefficient (Wildman–Crippen LogP) is 1.58. The summed E-state index contributed by atoms with van der Waals surface area (Å²) in [7, 11) is 0. The fraction of sp³-hybridized carbons (Fsp3) is 0.857. The molecule has 2 aliphatic rings. The first-order valence-corrected chi connectivity index (χ1v) is 7.54. The second-order valence-corrected chi connectivity index (χ2v) is 5.49. The van der Waals surface area contributed by atoms with Gasteiger partial charge in [0.25, 0.3) is 0 Å². The van der Waals surface area contributed by atoms with Crippen molar-refractivity contribution >= 4 is 11.9 Å². The van der Waals surface area contributed by atoms with E-state index in [9.17, 15) is 9.59 Å². The number of likely N-dealkylation sites (tertiary alicyclic amines) is 2. The fourth-order valence-electron chi connectivity index (χ4n) is 2.92. The van der Waals surface area contributed by atoms with Gasteiger partial charge in [-0.2, -0.15) is 0 Å². The van der Waals surface area contributed by atoms with Crippen LogP contribution in [0.4, 0.5) is 4.79 Å². The normalized spacial score (nSPS) is 21.0. The van der Waals surface area contributed by atoms with Crippen LogP contribution in [0.2, 0.25) is 0 Å². The van der Waals surface area contributed by atoms with Crippen molar-refractivity contribution in [1.29, 1.82) is 0 Å². The van der Waals surface area contributed by atoms with E-state index in [2.05, 4.69) is 12.2 Å². The van der Waals surface area contributed by atoms with Crippen molar-refractivity contribution in [2.45, 2.75) is 51.5 Å². The van der Waals surface area contributed by atoms with Gasteiger partial charge in [0, 0.05) is 38.6 Å². The van der Waals surface area contributed by atoms with Crippen LogP contribution in [0.5, 0.6) is 0 Å². The first-order chi connectivity index (χ1) is 9.22. The van der Waals surface area contributed by atoms with Crippen LogP contribution in [0.1, 0.15) is 45.4 Å². The first-order valence-electron chi connectivity index (χ1n) is 7.54. The second-order valence-electron chi connectivity index (χ2n) is 5.49. The van der Waals surface area contributed by atoms with Crippen LogP contribution >= 0.6 is 0 Å². The van der Waals surface area contributed by atoms with E-state index in [-0.39, 0.29) is 6.03 Å². The van der Waals surface area contributed by atoms with Gasteiger partial charge < -0.3 is 15.1 Å². The maximum absolute atomic E-state index is 11.9. The number of carbonyl (C=O) groups is 2. The average Bonchev–Trinajstić information content (AvgIpc) is 2.85. The quantitative estimate of drug-likeness (QED) is 0.786. The predicted molar refractivity (Wildman–Crippen MR) is 73.8 cm³/mol. The molecule has 2 aliphatic heterocycles. The van der Waals surface area contributed by atoms with E-state index < -0.39 is 0 Å². The van der Waals surface area contributed by atoms with Crippen molar-refractivity contribution in [2.75, 3.05) is 26.2 Å². The second kappa shape index (κ2) is 6.78. The summed E-state index contributed by atoms with van der Waals surface area (Å²) in [4.78, 5) is 27.5. The van der Waals surface area contributed by atoms with E-state index in [1.54, 1.807) is 0 Å². The Balaban J connectivity index is 1.72. The van der Waals surface area contributed by atoms with Crippen LogP contribution in [0.3, 0.4) is 0 Å². The number of nitrogens with zero attached hydrogens (tertiary/aromatic N) is 2. The largest absolute Gasteiger partial charge is 0.340 e. The van der Waals surface area contributed by atoms with Gasteiger partial charge in [-0.05, 0) is 25.7 Å². The lowest BCUT2D eigenvalue weighted by Gasteiger charge is -2.36. The van der Waals surface area contributed by atoms with E-state index in [0.29, 0.717) is 18.4 Å². The van der Waals surface area contributed by atoms with Gasteiger partial charge in [0.1, 0.15) is 0 Å². The third-order valence-electron chi connectivity index (χ3n) is 4.11. The molecule has 0 aromatic rings. The van der Waals surface area contributed by atoms with Crippen LogP contribution in [0, 0.1) is 0 Å². The van der Waals surface area contributed by atoms with Crippen LogP contribution < -0.4 is 5.32 Å². The minimum atomic E-state index is 0.0552. The molecule has 0 unspecified atom stereocenters. The molecule has 3 amide bonds. The molecule has 2 heterocycles. The zero-order valence-electron chi connectivity index (χ0n) is 11.9. The molecule has 0 spiro atoms. The highest BCUT2D eigenvalue weighted by Crippen LogP contribution is 2.21. The smallest absolute Gasteiger partial charge is 0.317 e. The lowest BCUT2D eigenvalue weighted by Crippen LogP contribution is -2.49. The molecule has 0 bridgehead atoms. The molecule has 2 saturated heterocycles. The van der Waals surface area contributed by atoms with E-state index in [1.165, 1.54) is 0 Å². The summed E-state index contributed by atoms with van der Waals surface area (Å²) in [6, 6.07) is 0.411. The summed E-state index contributed by atoms with van der Waals surface area (Å²) in [5, 5.41) is 2.95. The lowest BCUT2D eigenvalue weighted by atomic mass is 10.0. The Bertz CT molecular complexity index is 325. The van der Waals surface area contributed by atoms with Crippen LogP contribution in [-0.4, -0.2) is 54.0 Å². The van der Waals surface area contributed by atoms with Crippen molar-refractivity contribution in [3.63, 3.8) is 0 Å². The summed E-state index contributed by atoms with van der Waals surface area (Å²) in [5.74, 6) is 0.297. The number of hydrogen-bond acceptors (Lipinski definition) is 2. The van der Waals surface area contributed by atoms with Crippen molar-refractivity contribution in [3.8, 4) is 0 Å². The molecule has 2 fully saturated rings. The SMILES string of the molecule is CCCCNC(=O)N1CCC(N2CCCC2=O)CC1. The zero-order chi connectivity index (χ0) is 13.7. The van der Waals surface area contributed by atoms with Crippen molar-refractivity contribution < 1.29 is 9.59 Å². The topological polar surface area (TPSA) is 52.7 Å². The van der Waals surface area contributed by atoms with Gasteiger partial charge >= 0.3 is 6.03 Å². The summed E-state index contributed by atoms with van der Waals surface area (Å²) in [5.41, 5.74) is 0. The molecule has 19 heavy (non-hydrogen) atoms. The fourth-order valence-corrected chi connectivity index (χ4v) is 2.92. The number of unbranched alkanes of at least 4 members (excludes halogenated alkanes) is 1. The van der Waals surface area contributed by atoms with E-state index in [4.69, 9.17) is 0 Å². The van der Waals surface area contributed by atoms with Crippen LogP contribution in [0.15, 0.2) is 0 Å². The summed E-state index contributed by atoms with van der Waals surface area (Å²) < 4.78 is 0. The van der Waals surface area contributed by atoms with Gasteiger partial charge in [0.2, 0.25) is 5.91 Å². The Labute approximate surface area is 115 Å². The molecule has 0 aliphatic carbocycles. The molecule has 5 nitrogen and oxygen atoms in total. The van der Waals surface area contributed by atoms with Crippen molar-refractivity contribution in [1.82, 2.24) is 15.1 Å². The summed E-state index contributed by atoms with van der Waals surface area (Å²) >= 11 is 0. The number of hydrogen-bond donors (Lipinski definition) is 1. The highest BCUT2D eigenvalue weighted by molar-refractivity contribution is 5.78. The van der Waals surface area contributed by atoms with Crippen molar-refractivity contribution in [3.05, 3.63) is 0 Å². The third kappa shape index (κ3) is 3.61. The molecule has 0 saturated carbocycles. The third-order valence-corrected chi connectivity index (χ3v) is 4.11. The lowest BCUT2D eigenvalue weighted by molar-refractivity contribution is -0.130. The molecule has 108 valence electrons. The first kappa shape index (κ1) is 14.2. The Morgan fingerprint density at radius 1 is 1.32 bits per heavy atom. The van der Waals surface area contributed by atoms with Gasteiger partial charge in [-0.3, -0.25) is 4.79 Å². The molecule has 5 heteroatoms. The van der Waals surface area contributed by atoms with E-state index >= 15 is 0 Å². The van der Waals surface area contributed by atoms with E-state index in [1.807, 2.05) is 9.80 Å². The maximum Gasteiger partial charge on any atom is 0.317 e. The van der Waals surface area contributed by atoms with Crippen molar-refractivity contribution in [2.24, 2.45) is 0 Å². The van der Waals surface area contributed by atoms with Gasteiger partial charge in [-0.15, -0.1) is 0 Å². The number of carbonyl (C=O) groups excluding carboxylic acids is 2. The van der Waals surface area contributed by atoms with Crippen LogP contribution in [0.25, 0.3) is 0 Å². The molecule has 2 rings (SSSR count).